The van der Waals surface area contributed by atoms with E-state index in [1.165, 1.54) is 5.56 Å². The predicted molar refractivity (Wildman–Crippen MR) is 107 cm³/mol. The van der Waals surface area contributed by atoms with E-state index in [9.17, 15) is 4.79 Å². The van der Waals surface area contributed by atoms with Crippen molar-refractivity contribution in [2.24, 2.45) is 0 Å². The van der Waals surface area contributed by atoms with Crippen LogP contribution in [0.1, 0.15) is 43.9 Å². The average Bonchev–Trinajstić information content (AvgIpc) is 2.51. The summed E-state index contributed by atoms with van der Waals surface area (Å²) in [5.41, 5.74) is 3.48. The first-order valence-corrected chi connectivity index (χ1v) is 9.67. The molecule has 0 aliphatic rings. The Balaban J connectivity index is 2.06. The predicted octanol–water partition coefficient (Wildman–Crippen LogP) is 6.11. The first-order valence-electron chi connectivity index (χ1n) is 8.09. The van der Waals surface area contributed by atoms with Gasteiger partial charge in [0.15, 0.2) is 0 Å². The smallest absolute Gasteiger partial charge is 0.303 e. The molecule has 3 nitrogen and oxygen atoms in total. The van der Waals surface area contributed by atoms with E-state index < -0.39 is 5.97 Å². The number of carbonyl (C=O) groups is 1. The molecule has 0 unspecified atom stereocenters. The number of halogens is 2. The van der Waals surface area contributed by atoms with Crippen LogP contribution in [0.3, 0.4) is 0 Å². The Hall–Kier alpha value is -1.33. The zero-order valence-corrected chi connectivity index (χ0v) is 17.8. The Morgan fingerprint density at radius 3 is 2.08 bits per heavy atom. The first kappa shape index (κ1) is 20.0. The van der Waals surface area contributed by atoms with Gasteiger partial charge in [-0.25, -0.2) is 0 Å². The summed E-state index contributed by atoms with van der Waals surface area (Å²) in [7, 11) is 0. The number of aryl methyl sites for hydroxylation is 1. The van der Waals surface area contributed by atoms with Crippen molar-refractivity contribution in [1.82, 2.24) is 0 Å². The first-order chi connectivity index (χ1) is 11.7. The maximum atomic E-state index is 10.7. The Bertz CT molecular complexity index is 724. The molecule has 0 heterocycles. The Labute approximate surface area is 165 Å². The van der Waals surface area contributed by atoms with Crippen molar-refractivity contribution in [2.45, 2.75) is 45.6 Å². The molecule has 2 aromatic rings. The second kappa shape index (κ2) is 8.37. The molecule has 0 radical (unpaired) electrons. The fourth-order valence-electron chi connectivity index (χ4n) is 2.40. The van der Waals surface area contributed by atoms with Crippen LogP contribution in [-0.2, 0) is 23.2 Å². The normalized spacial score (nSPS) is 11.4. The van der Waals surface area contributed by atoms with Gasteiger partial charge in [-0.05, 0) is 72.5 Å². The lowest BCUT2D eigenvalue weighted by atomic mass is 9.87. The molecular formula is C20H22Br2O3. The number of carboxylic acids is 1. The summed E-state index contributed by atoms with van der Waals surface area (Å²) in [4.78, 5) is 10.7. The van der Waals surface area contributed by atoms with Crippen LogP contribution in [0.2, 0.25) is 0 Å². The van der Waals surface area contributed by atoms with Crippen molar-refractivity contribution < 1.29 is 14.6 Å². The van der Waals surface area contributed by atoms with Gasteiger partial charge in [0.2, 0.25) is 0 Å². The van der Waals surface area contributed by atoms with Gasteiger partial charge >= 0.3 is 5.97 Å². The van der Waals surface area contributed by atoms with Gasteiger partial charge in [0.05, 0.1) is 8.95 Å². The second-order valence-corrected chi connectivity index (χ2v) is 8.73. The SMILES string of the molecule is CC(C)(C)c1ccc(COc2c(Br)cc(CCC(=O)O)cc2Br)cc1. The van der Waals surface area contributed by atoms with Crippen LogP contribution in [0, 0.1) is 0 Å². The minimum Gasteiger partial charge on any atom is -0.487 e. The van der Waals surface area contributed by atoms with Gasteiger partial charge in [-0.3, -0.25) is 4.79 Å². The third-order valence-corrected chi connectivity index (χ3v) is 5.07. The molecule has 0 aromatic heterocycles. The Kier molecular flexibility index (Phi) is 6.69. The van der Waals surface area contributed by atoms with Crippen LogP contribution in [0.25, 0.3) is 0 Å². The fraction of sp³-hybridized carbons (Fsp3) is 0.350. The number of aliphatic carboxylic acids is 1. The van der Waals surface area contributed by atoms with E-state index in [4.69, 9.17) is 9.84 Å². The highest BCUT2D eigenvalue weighted by Crippen LogP contribution is 2.35. The number of hydrogen-bond donors (Lipinski definition) is 1. The molecule has 0 atom stereocenters. The Morgan fingerprint density at radius 2 is 1.60 bits per heavy atom. The molecule has 0 amide bonds. The number of benzene rings is 2. The third-order valence-electron chi connectivity index (χ3n) is 3.89. The zero-order valence-electron chi connectivity index (χ0n) is 14.6. The van der Waals surface area contributed by atoms with Crippen LogP contribution in [0.5, 0.6) is 5.75 Å². The number of hydrogen-bond acceptors (Lipinski definition) is 2. The molecule has 0 saturated heterocycles. The van der Waals surface area contributed by atoms with Gasteiger partial charge in [0.25, 0.3) is 0 Å². The van der Waals surface area contributed by atoms with Gasteiger partial charge < -0.3 is 9.84 Å². The highest BCUT2D eigenvalue weighted by Gasteiger charge is 2.14. The highest BCUT2D eigenvalue weighted by molar-refractivity contribution is 9.11. The van der Waals surface area contributed by atoms with E-state index in [1.807, 2.05) is 12.1 Å². The lowest BCUT2D eigenvalue weighted by molar-refractivity contribution is -0.136. The second-order valence-electron chi connectivity index (χ2n) is 7.02. The maximum Gasteiger partial charge on any atom is 0.303 e. The molecule has 0 fully saturated rings. The van der Waals surface area contributed by atoms with Crippen LogP contribution < -0.4 is 4.74 Å². The van der Waals surface area contributed by atoms with Crippen molar-refractivity contribution in [3.05, 3.63) is 62.0 Å². The quantitative estimate of drug-likeness (QED) is 0.555. The topological polar surface area (TPSA) is 46.5 Å². The molecule has 0 spiro atoms. The van der Waals surface area contributed by atoms with Crippen LogP contribution in [0.15, 0.2) is 45.3 Å². The molecule has 0 aliphatic heterocycles. The van der Waals surface area contributed by atoms with Crippen molar-refractivity contribution >= 4 is 37.8 Å². The number of rotatable bonds is 6. The summed E-state index contributed by atoms with van der Waals surface area (Å²) in [5.74, 6) is -0.0785. The van der Waals surface area contributed by atoms with E-state index in [0.29, 0.717) is 13.0 Å². The summed E-state index contributed by atoms with van der Waals surface area (Å²) in [6, 6.07) is 12.3. The molecule has 2 aromatic carbocycles. The summed E-state index contributed by atoms with van der Waals surface area (Å²) in [6.45, 7) is 7.05. The van der Waals surface area contributed by atoms with E-state index in [-0.39, 0.29) is 11.8 Å². The molecule has 0 saturated carbocycles. The Morgan fingerprint density at radius 1 is 1.04 bits per heavy atom. The van der Waals surface area contributed by atoms with E-state index >= 15 is 0 Å². The van der Waals surface area contributed by atoms with Crippen LogP contribution in [-0.4, -0.2) is 11.1 Å². The lowest BCUT2D eigenvalue weighted by Crippen LogP contribution is -2.10. The van der Waals surface area contributed by atoms with Gasteiger partial charge in [-0.2, -0.15) is 0 Å². The molecule has 25 heavy (non-hydrogen) atoms. The standard InChI is InChI=1S/C20H22Br2O3/c1-20(2,3)15-7-4-13(5-8-15)12-25-19-16(21)10-14(11-17(19)22)6-9-18(23)24/h4-5,7-8,10-11H,6,9,12H2,1-3H3,(H,23,24). The summed E-state index contributed by atoms with van der Waals surface area (Å²) >= 11 is 7.03. The van der Waals surface area contributed by atoms with Crippen LogP contribution >= 0.6 is 31.9 Å². The van der Waals surface area contributed by atoms with Crippen molar-refractivity contribution in [3.63, 3.8) is 0 Å². The summed E-state index contributed by atoms with van der Waals surface area (Å²) < 4.78 is 7.58. The third kappa shape index (κ3) is 5.86. The molecule has 1 N–H and O–H groups in total. The van der Waals surface area contributed by atoms with Gasteiger partial charge in [0, 0.05) is 6.42 Å². The average molecular weight is 470 g/mol. The van der Waals surface area contributed by atoms with E-state index in [0.717, 1.165) is 25.8 Å². The zero-order chi connectivity index (χ0) is 18.6. The monoisotopic (exact) mass is 468 g/mol. The number of ether oxygens (including phenoxy) is 1. The fourth-order valence-corrected chi connectivity index (χ4v) is 3.91. The molecule has 5 heteroatoms. The van der Waals surface area contributed by atoms with Gasteiger partial charge in [-0.1, -0.05) is 45.0 Å². The van der Waals surface area contributed by atoms with Crippen LogP contribution in [0.4, 0.5) is 0 Å². The van der Waals surface area contributed by atoms with Crippen molar-refractivity contribution in [1.29, 1.82) is 0 Å². The molecule has 134 valence electrons. The minimum atomic E-state index is -0.800. The number of carboxylic acid groups (broad SMARTS) is 1. The molecule has 0 aliphatic carbocycles. The van der Waals surface area contributed by atoms with Crippen molar-refractivity contribution in [2.75, 3.05) is 0 Å². The summed E-state index contributed by atoms with van der Waals surface area (Å²) in [5, 5.41) is 8.80. The highest BCUT2D eigenvalue weighted by atomic mass is 79.9. The van der Waals surface area contributed by atoms with E-state index in [1.54, 1.807) is 0 Å². The summed E-state index contributed by atoms with van der Waals surface area (Å²) in [6.07, 6.45) is 0.598. The van der Waals surface area contributed by atoms with Crippen molar-refractivity contribution in [3.8, 4) is 5.75 Å². The molecular weight excluding hydrogens is 448 g/mol. The molecule has 2 rings (SSSR count). The maximum absolute atomic E-state index is 10.7. The van der Waals surface area contributed by atoms with Gasteiger partial charge in [0.1, 0.15) is 12.4 Å². The van der Waals surface area contributed by atoms with E-state index in [2.05, 4.69) is 76.9 Å². The largest absolute Gasteiger partial charge is 0.487 e. The minimum absolute atomic E-state index is 0.110. The molecule has 0 bridgehead atoms. The van der Waals surface area contributed by atoms with Gasteiger partial charge in [-0.15, -0.1) is 0 Å². The lowest BCUT2D eigenvalue weighted by Gasteiger charge is -2.19.